The molecule has 1 saturated carbocycles. The van der Waals surface area contributed by atoms with E-state index in [1.165, 1.54) is 0 Å². The molecule has 4 heteroatoms. The van der Waals surface area contributed by atoms with Gasteiger partial charge in [0.15, 0.2) is 0 Å². The smallest absolute Gasteiger partial charge is 0.0704 e. The quantitative estimate of drug-likeness (QED) is 0.594. The summed E-state index contributed by atoms with van der Waals surface area (Å²) in [6.07, 6.45) is 2.81. The van der Waals surface area contributed by atoms with Crippen molar-refractivity contribution in [2.45, 2.75) is 72.6 Å². The van der Waals surface area contributed by atoms with Crippen molar-refractivity contribution in [1.29, 1.82) is 0 Å². The molecule has 0 amide bonds. The molecule has 0 aromatic heterocycles. The Hall–Kier alpha value is -0.160. The van der Waals surface area contributed by atoms with Crippen LogP contribution in [0.25, 0.3) is 0 Å². The lowest BCUT2D eigenvalue weighted by molar-refractivity contribution is -0.110. The maximum Gasteiger partial charge on any atom is 0.0704 e. The van der Waals surface area contributed by atoms with E-state index in [1.807, 2.05) is 0 Å². The van der Waals surface area contributed by atoms with Crippen molar-refractivity contribution in [3.8, 4) is 0 Å². The van der Waals surface area contributed by atoms with E-state index in [0.29, 0.717) is 37.4 Å². The molecule has 4 nitrogen and oxygen atoms in total. The summed E-state index contributed by atoms with van der Waals surface area (Å²) in [7, 11) is 0. The molecule has 1 aliphatic carbocycles. The highest BCUT2D eigenvalue weighted by Crippen LogP contribution is 2.26. The highest BCUT2D eigenvalue weighted by molar-refractivity contribution is 4.81. The Labute approximate surface area is 137 Å². The summed E-state index contributed by atoms with van der Waals surface area (Å²) in [5.41, 5.74) is 0.233. The monoisotopic (exact) mass is 315 g/mol. The third kappa shape index (κ3) is 9.09. The van der Waals surface area contributed by atoms with Crippen LogP contribution in [0.3, 0.4) is 0 Å². The minimum absolute atomic E-state index is 0.233. The molecular weight excluding hydrogens is 278 g/mol. The van der Waals surface area contributed by atoms with Crippen molar-refractivity contribution in [3.05, 3.63) is 0 Å². The van der Waals surface area contributed by atoms with Crippen molar-refractivity contribution >= 4 is 0 Å². The largest absolute Gasteiger partial charge is 0.379 e. The molecule has 0 bridgehead atoms. The average Bonchev–Trinajstić information content (AvgIpc) is 2.36. The predicted octanol–water partition coefficient (Wildman–Crippen LogP) is 3.25. The normalized spacial score (nSPS) is 23.6. The second kappa shape index (κ2) is 9.86. The molecule has 0 heterocycles. The highest BCUT2D eigenvalue weighted by atomic mass is 16.5. The molecule has 0 aromatic rings. The molecule has 0 aliphatic heterocycles. The van der Waals surface area contributed by atoms with Gasteiger partial charge in [0, 0.05) is 12.6 Å². The van der Waals surface area contributed by atoms with E-state index in [1.54, 1.807) is 0 Å². The summed E-state index contributed by atoms with van der Waals surface area (Å²) in [6.45, 7) is 17.1. The van der Waals surface area contributed by atoms with E-state index in [9.17, 15) is 0 Å². The third-order valence-corrected chi connectivity index (χ3v) is 4.09. The first-order valence-electron chi connectivity index (χ1n) is 8.82. The van der Waals surface area contributed by atoms with Gasteiger partial charge in [0.1, 0.15) is 0 Å². The highest BCUT2D eigenvalue weighted by Gasteiger charge is 2.30. The Balaban J connectivity index is 1.88. The van der Waals surface area contributed by atoms with Crippen LogP contribution in [0.1, 0.15) is 54.4 Å². The lowest BCUT2D eigenvalue weighted by Gasteiger charge is -2.35. The van der Waals surface area contributed by atoms with Gasteiger partial charge in [0.05, 0.1) is 38.6 Å². The van der Waals surface area contributed by atoms with Crippen LogP contribution in [0.5, 0.6) is 0 Å². The molecule has 1 aliphatic rings. The van der Waals surface area contributed by atoms with Crippen LogP contribution in [0.2, 0.25) is 0 Å². The Bertz CT molecular complexity index is 283. The van der Waals surface area contributed by atoms with Crippen LogP contribution in [-0.2, 0) is 14.2 Å². The number of hydrogen-bond donors (Lipinski definition) is 1. The Morgan fingerprint density at radius 2 is 1.55 bits per heavy atom. The second-order valence-electron chi connectivity index (χ2n) is 8.06. The van der Waals surface area contributed by atoms with Gasteiger partial charge in [0.25, 0.3) is 0 Å². The summed E-state index contributed by atoms with van der Waals surface area (Å²) >= 11 is 0. The first-order valence-corrected chi connectivity index (χ1v) is 8.82. The fourth-order valence-corrected chi connectivity index (χ4v) is 2.19. The standard InChI is InChI=1S/C18H37NO3/c1-14(2)15(3)19-7-8-21-16-11-17(12-16)22-10-9-20-13-18(4,5)6/h14-17,19H,7-13H2,1-6H3. The molecular formula is C18H37NO3. The number of hydrogen-bond acceptors (Lipinski definition) is 4. The molecule has 22 heavy (non-hydrogen) atoms. The lowest BCUT2D eigenvalue weighted by atomic mass is 9.92. The summed E-state index contributed by atoms with van der Waals surface area (Å²) in [5.74, 6) is 0.669. The van der Waals surface area contributed by atoms with Gasteiger partial charge < -0.3 is 19.5 Å². The van der Waals surface area contributed by atoms with Crippen molar-refractivity contribution in [2.24, 2.45) is 11.3 Å². The molecule has 1 rings (SSSR count). The van der Waals surface area contributed by atoms with Crippen molar-refractivity contribution in [1.82, 2.24) is 5.32 Å². The van der Waals surface area contributed by atoms with Gasteiger partial charge in [-0.2, -0.15) is 0 Å². The van der Waals surface area contributed by atoms with E-state index in [0.717, 1.165) is 32.6 Å². The van der Waals surface area contributed by atoms with Gasteiger partial charge in [0.2, 0.25) is 0 Å². The second-order valence-corrected chi connectivity index (χ2v) is 8.06. The number of rotatable bonds is 11. The van der Waals surface area contributed by atoms with E-state index in [4.69, 9.17) is 14.2 Å². The van der Waals surface area contributed by atoms with E-state index < -0.39 is 0 Å². The molecule has 0 radical (unpaired) electrons. The van der Waals surface area contributed by atoms with Crippen molar-refractivity contribution in [2.75, 3.05) is 33.0 Å². The SMILES string of the molecule is CC(C)C(C)NCCOC1CC(OCCOCC(C)(C)C)C1. The van der Waals surface area contributed by atoms with Gasteiger partial charge in [-0.15, -0.1) is 0 Å². The summed E-state index contributed by atoms with van der Waals surface area (Å²) in [5, 5.41) is 3.48. The zero-order valence-corrected chi connectivity index (χ0v) is 15.5. The van der Waals surface area contributed by atoms with E-state index in [-0.39, 0.29) is 5.41 Å². The van der Waals surface area contributed by atoms with Crippen LogP contribution in [-0.4, -0.2) is 51.2 Å². The van der Waals surface area contributed by atoms with E-state index in [2.05, 4.69) is 46.9 Å². The number of ether oxygens (including phenoxy) is 3. The lowest BCUT2D eigenvalue weighted by Crippen LogP contribution is -2.40. The Morgan fingerprint density at radius 1 is 0.955 bits per heavy atom. The molecule has 1 N–H and O–H groups in total. The zero-order valence-electron chi connectivity index (χ0n) is 15.5. The minimum atomic E-state index is 0.233. The topological polar surface area (TPSA) is 39.7 Å². The Morgan fingerprint density at radius 3 is 2.09 bits per heavy atom. The molecule has 1 atom stereocenters. The maximum absolute atomic E-state index is 5.84. The van der Waals surface area contributed by atoms with Gasteiger partial charge in [-0.3, -0.25) is 0 Å². The van der Waals surface area contributed by atoms with Crippen LogP contribution >= 0.6 is 0 Å². The van der Waals surface area contributed by atoms with Crippen LogP contribution < -0.4 is 5.32 Å². The van der Waals surface area contributed by atoms with Gasteiger partial charge in [-0.25, -0.2) is 0 Å². The molecule has 132 valence electrons. The average molecular weight is 315 g/mol. The van der Waals surface area contributed by atoms with Crippen LogP contribution in [0.4, 0.5) is 0 Å². The van der Waals surface area contributed by atoms with Crippen molar-refractivity contribution < 1.29 is 14.2 Å². The first kappa shape index (κ1) is 19.9. The Kier molecular flexibility index (Phi) is 8.91. The summed E-state index contributed by atoms with van der Waals surface area (Å²) in [6, 6.07) is 0.550. The van der Waals surface area contributed by atoms with Crippen LogP contribution in [0, 0.1) is 11.3 Å². The predicted molar refractivity (Wildman–Crippen MR) is 91.3 cm³/mol. The summed E-state index contributed by atoms with van der Waals surface area (Å²) < 4.78 is 17.2. The minimum Gasteiger partial charge on any atom is -0.379 e. The third-order valence-electron chi connectivity index (χ3n) is 4.09. The van der Waals surface area contributed by atoms with Crippen LogP contribution in [0.15, 0.2) is 0 Å². The fraction of sp³-hybridized carbons (Fsp3) is 1.00. The fourth-order valence-electron chi connectivity index (χ4n) is 2.19. The molecule has 0 saturated heterocycles. The first-order chi connectivity index (χ1) is 10.3. The molecule has 0 spiro atoms. The molecule has 1 fully saturated rings. The zero-order chi connectivity index (χ0) is 16.6. The van der Waals surface area contributed by atoms with Gasteiger partial charge in [-0.05, 0) is 31.1 Å². The maximum atomic E-state index is 5.84. The molecule has 1 unspecified atom stereocenters. The molecule has 0 aromatic carbocycles. The number of nitrogens with one attached hydrogen (secondary N) is 1. The van der Waals surface area contributed by atoms with Crippen molar-refractivity contribution in [3.63, 3.8) is 0 Å². The summed E-state index contributed by atoms with van der Waals surface area (Å²) in [4.78, 5) is 0. The van der Waals surface area contributed by atoms with E-state index >= 15 is 0 Å². The van der Waals surface area contributed by atoms with Gasteiger partial charge >= 0.3 is 0 Å². The van der Waals surface area contributed by atoms with Gasteiger partial charge in [-0.1, -0.05) is 34.6 Å².